The van der Waals surface area contributed by atoms with E-state index in [-0.39, 0.29) is 0 Å². The second-order valence-corrected chi connectivity index (χ2v) is 3.38. The highest BCUT2D eigenvalue weighted by molar-refractivity contribution is 7.49. The number of carbonyl (C=O) groups is 1. The van der Waals surface area contributed by atoms with Crippen molar-refractivity contribution in [2.75, 3.05) is 20.3 Å². The lowest BCUT2D eigenvalue weighted by atomic mass is 10.7. The first-order chi connectivity index (χ1) is 4.87. The third-order valence-corrected chi connectivity index (χ3v) is 1.61. The lowest BCUT2D eigenvalue weighted by molar-refractivity contribution is -0.313. The van der Waals surface area contributed by atoms with Crippen molar-refractivity contribution in [2.24, 2.45) is 0 Å². The maximum absolute atomic E-state index is 10.6. The molecule has 0 fully saturated rings. The van der Waals surface area contributed by atoms with E-state index in [1.165, 1.54) is 14.2 Å². The standard InChI is InChI=1S/C4H10NO5P/c1-5(10-2)4(6)3-11(7,8)9/h3H2,1-2H3,(H2,7,8,9)/p-2. The van der Waals surface area contributed by atoms with Gasteiger partial charge < -0.3 is 14.4 Å². The second-order valence-electron chi connectivity index (χ2n) is 1.84. The fraction of sp³-hybridized carbons (Fsp3) is 0.750. The van der Waals surface area contributed by atoms with Crippen molar-refractivity contribution in [3.05, 3.63) is 0 Å². The van der Waals surface area contributed by atoms with Crippen molar-refractivity contribution in [3.63, 3.8) is 0 Å². The van der Waals surface area contributed by atoms with Crippen molar-refractivity contribution in [3.8, 4) is 0 Å². The first kappa shape index (κ1) is 10.6. The summed E-state index contributed by atoms with van der Waals surface area (Å²) in [7, 11) is -2.35. The predicted octanol–water partition coefficient (Wildman–Crippen LogP) is -2.08. The van der Waals surface area contributed by atoms with Gasteiger partial charge in [0.1, 0.15) is 0 Å². The van der Waals surface area contributed by atoms with Crippen LogP contribution in [-0.2, 0) is 14.2 Å². The van der Waals surface area contributed by atoms with Crippen molar-refractivity contribution >= 4 is 13.5 Å². The number of hydroxylamine groups is 2. The number of hydrogen-bond donors (Lipinski definition) is 0. The number of carbonyl (C=O) groups excluding carboxylic acids is 1. The fourth-order valence-electron chi connectivity index (χ4n) is 0.367. The summed E-state index contributed by atoms with van der Waals surface area (Å²) in [5.74, 6) is -0.874. The van der Waals surface area contributed by atoms with Crippen LogP contribution in [0.2, 0.25) is 0 Å². The van der Waals surface area contributed by atoms with E-state index >= 15 is 0 Å². The molecule has 0 aromatic rings. The average Bonchev–Trinajstić information content (AvgIpc) is 1.82. The molecule has 0 heterocycles. The fourth-order valence-corrected chi connectivity index (χ4v) is 0.898. The van der Waals surface area contributed by atoms with Gasteiger partial charge >= 0.3 is 0 Å². The molecule has 0 saturated heterocycles. The van der Waals surface area contributed by atoms with Crippen LogP contribution in [0.15, 0.2) is 0 Å². The van der Waals surface area contributed by atoms with Crippen molar-refractivity contribution in [2.45, 2.75) is 0 Å². The first-order valence-corrected chi connectivity index (χ1v) is 4.41. The molecule has 0 unspecified atom stereocenters. The van der Waals surface area contributed by atoms with Gasteiger partial charge in [-0.2, -0.15) is 0 Å². The normalized spacial score (nSPS) is 11.3. The zero-order chi connectivity index (χ0) is 9.07. The molecule has 11 heavy (non-hydrogen) atoms. The minimum Gasteiger partial charge on any atom is -0.810 e. The average molecular weight is 181 g/mol. The van der Waals surface area contributed by atoms with Gasteiger partial charge in [0.2, 0.25) is 0 Å². The molecule has 0 aromatic carbocycles. The summed E-state index contributed by atoms with van der Waals surface area (Å²) in [5, 5.41) is 0.683. The quantitative estimate of drug-likeness (QED) is 0.368. The van der Waals surface area contributed by atoms with E-state index in [9.17, 15) is 19.1 Å². The molecule has 0 atom stereocenters. The van der Waals surface area contributed by atoms with Crippen LogP contribution in [-0.4, -0.2) is 31.3 Å². The number of hydrogen-bond acceptors (Lipinski definition) is 5. The molecule has 0 radical (unpaired) electrons. The summed E-state index contributed by atoms with van der Waals surface area (Å²) in [5.41, 5.74) is 0. The lowest BCUT2D eigenvalue weighted by Crippen LogP contribution is -2.32. The highest BCUT2D eigenvalue weighted by Gasteiger charge is 2.08. The van der Waals surface area contributed by atoms with Gasteiger partial charge in [-0.15, -0.1) is 0 Å². The summed E-state index contributed by atoms with van der Waals surface area (Å²) in [6.07, 6.45) is -1.04. The molecule has 0 spiro atoms. The van der Waals surface area contributed by atoms with E-state index < -0.39 is 19.7 Å². The van der Waals surface area contributed by atoms with Crippen molar-refractivity contribution in [1.82, 2.24) is 5.06 Å². The number of nitrogens with zero attached hydrogens (tertiary/aromatic N) is 1. The van der Waals surface area contributed by atoms with Crippen molar-refractivity contribution < 1.29 is 24.0 Å². The molecular formula is C4H8NO5P-2. The van der Waals surface area contributed by atoms with E-state index in [0.717, 1.165) is 0 Å². The summed E-state index contributed by atoms with van der Waals surface area (Å²) in [4.78, 5) is 35.0. The third kappa shape index (κ3) is 4.92. The molecule has 0 aliphatic carbocycles. The van der Waals surface area contributed by atoms with E-state index in [1.54, 1.807) is 0 Å². The molecule has 0 bridgehead atoms. The van der Waals surface area contributed by atoms with Gasteiger partial charge in [-0.3, -0.25) is 9.63 Å². The van der Waals surface area contributed by atoms with Gasteiger partial charge in [-0.25, -0.2) is 5.06 Å². The largest absolute Gasteiger partial charge is 0.810 e. The minimum atomic E-state index is -4.76. The van der Waals surface area contributed by atoms with E-state index in [2.05, 4.69) is 4.84 Å². The SMILES string of the molecule is CON(C)C(=O)CP(=O)([O-])[O-]. The monoisotopic (exact) mass is 181 g/mol. The second kappa shape index (κ2) is 3.82. The molecule has 0 rings (SSSR count). The molecule has 6 nitrogen and oxygen atoms in total. The smallest absolute Gasteiger partial charge is 0.250 e. The molecule has 0 aliphatic rings. The molecule has 66 valence electrons. The Morgan fingerprint density at radius 3 is 2.36 bits per heavy atom. The van der Waals surface area contributed by atoms with Gasteiger partial charge in [0, 0.05) is 7.05 Å². The molecular weight excluding hydrogens is 173 g/mol. The highest BCUT2D eigenvalue weighted by atomic mass is 31.2. The Balaban J connectivity index is 3.99. The Morgan fingerprint density at radius 1 is 1.64 bits per heavy atom. The predicted molar refractivity (Wildman–Crippen MR) is 32.3 cm³/mol. The van der Waals surface area contributed by atoms with Crippen LogP contribution in [0, 0.1) is 0 Å². The Hall–Kier alpha value is -0.420. The zero-order valence-electron chi connectivity index (χ0n) is 6.14. The molecule has 7 heteroatoms. The van der Waals surface area contributed by atoms with Crippen LogP contribution in [0.5, 0.6) is 0 Å². The third-order valence-electron chi connectivity index (χ3n) is 0.954. The van der Waals surface area contributed by atoms with Gasteiger partial charge in [-0.05, 0) is 0 Å². The number of amides is 1. The van der Waals surface area contributed by atoms with Crippen LogP contribution < -0.4 is 9.79 Å². The van der Waals surface area contributed by atoms with Crippen LogP contribution in [0.4, 0.5) is 0 Å². The Labute approximate surface area is 63.9 Å². The maximum atomic E-state index is 10.6. The molecule has 0 N–H and O–H groups in total. The van der Waals surface area contributed by atoms with E-state index in [4.69, 9.17) is 0 Å². The zero-order valence-corrected chi connectivity index (χ0v) is 7.04. The topological polar surface area (TPSA) is 92.7 Å². The van der Waals surface area contributed by atoms with Crippen LogP contribution in [0.25, 0.3) is 0 Å². The maximum Gasteiger partial charge on any atom is 0.250 e. The Bertz CT molecular complexity index is 187. The van der Waals surface area contributed by atoms with Crippen LogP contribution >= 0.6 is 7.60 Å². The van der Waals surface area contributed by atoms with Crippen molar-refractivity contribution in [1.29, 1.82) is 0 Å². The van der Waals surface area contributed by atoms with Gasteiger partial charge in [0.15, 0.2) is 0 Å². The summed E-state index contributed by atoms with van der Waals surface area (Å²) >= 11 is 0. The van der Waals surface area contributed by atoms with E-state index in [1.807, 2.05) is 0 Å². The van der Waals surface area contributed by atoms with E-state index in [0.29, 0.717) is 5.06 Å². The Morgan fingerprint density at radius 2 is 2.09 bits per heavy atom. The summed E-state index contributed by atoms with van der Waals surface area (Å²) < 4.78 is 10.0. The highest BCUT2D eigenvalue weighted by Crippen LogP contribution is 2.22. The molecule has 0 saturated carbocycles. The molecule has 1 amide bonds. The lowest BCUT2D eigenvalue weighted by Gasteiger charge is -2.29. The van der Waals surface area contributed by atoms with Gasteiger partial charge in [0.05, 0.1) is 13.3 Å². The molecule has 0 aromatic heterocycles. The van der Waals surface area contributed by atoms with Crippen LogP contribution in [0.3, 0.4) is 0 Å². The van der Waals surface area contributed by atoms with Gasteiger partial charge in [-0.1, -0.05) is 7.60 Å². The molecule has 0 aliphatic heterocycles. The first-order valence-electron chi connectivity index (χ1n) is 2.68. The Kier molecular flexibility index (Phi) is 3.68. The summed E-state index contributed by atoms with van der Waals surface area (Å²) in [6.45, 7) is 0. The number of rotatable bonds is 3. The van der Waals surface area contributed by atoms with Gasteiger partial charge in [0.25, 0.3) is 5.91 Å². The summed E-state index contributed by atoms with van der Waals surface area (Å²) in [6, 6.07) is 0. The minimum absolute atomic E-state index is 0.683. The van der Waals surface area contributed by atoms with Crippen LogP contribution in [0.1, 0.15) is 0 Å².